The molecule has 0 fully saturated rings. The van der Waals surface area contributed by atoms with Crippen LogP contribution in [0.15, 0.2) is 12.4 Å². The lowest BCUT2D eigenvalue weighted by Crippen LogP contribution is -2.35. The van der Waals surface area contributed by atoms with Crippen molar-refractivity contribution in [3.05, 3.63) is 18.0 Å². The van der Waals surface area contributed by atoms with Crippen LogP contribution >= 0.6 is 0 Å². The van der Waals surface area contributed by atoms with E-state index >= 15 is 0 Å². The van der Waals surface area contributed by atoms with Gasteiger partial charge >= 0.3 is 5.97 Å². The molecule has 5 heteroatoms. The Labute approximate surface area is 89.1 Å². The molecule has 0 atom stereocenters. The third-order valence-electron chi connectivity index (χ3n) is 2.23. The van der Waals surface area contributed by atoms with E-state index in [1.54, 1.807) is 24.7 Å². The number of rotatable bonds is 5. The van der Waals surface area contributed by atoms with Gasteiger partial charge in [0.1, 0.15) is 0 Å². The third kappa shape index (κ3) is 3.36. The zero-order chi connectivity index (χ0) is 11.5. The topological polar surface area (TPSA) is 67.2 Å². The maximum atomic E-state index is 10.8. The van der Waals surface area contributed by atoms with Gasteiger partial charge in [0.25, 0.3) is 0 Å². The number of carboxylic acids is 1. The number of nitrogens with one attached hydrogen (secondary N) is 1. The van der Waals surface area contributed by atoms with E-state index in [9.17, 15) is 4.79 Å². The van der Waals surface area contributed by atoms with Crippen LogP contribution in [0.25, 0.3) is 0 Å². The first-order valence-electron chi connectivity index (χ1n) is 4.83. The van der Waals surface area contributed by atoms with Crippen LogP contribution in [0.2, 0.25) is 0 Å². The average Bonchev–Trinajstić information content (AvgIpc) is 2.51. The highest BCUT2D eigenvalue weighted by Crippen LogP contribution is 2.13. The zero-order valence-electron chi connectivity index (χ0n) is 9.32. The Balaban J connectivity index is 2.36. The summed E-state index contributed by atoms with van der Waals surface area (Å²) in [5.41, 5.74) is 0.320. The van der Waals surface area contributed by atoms with E-state index in [0.29, 0.717) is 13.1 Å². The Morgan fingerprint density at radius 2 is 2.33 bits per heavy atom. The van der Waals surface area contributed by atoms with Gasteiger partial charge in [0.05, 0.1) is 11.6 Å². The van der Waals surface area contributed by atoms with Crippen molar-refractivity contribution >= 4 is 5.97 Å². The summed E-state index contributed by atoms with van der Waals surface area (Å²) < 4.78 is 1.72. The van der Waals surface area contributed by atoms with Crippen molar-refractivity contribution in [1.29, 1.82) is 0 Å². The van der Waals surface area contributed by atoms with Crippen molar-refractivity contribution in [1.82, 2.24) is 15.1 Å². The quantitative estimate of drug-likeness (QED) is 0.749. The molecule has 0 aliphatic carbocycles. The number of aromatic nitrogens is 2. The average molecular weight is 211 g/mol. The first-order chi connectivity index (χ1) is 6.92. The van der Waals surface area contributed by atoms with Crippen LogP contribution in [0, 0.1) is 5.41 Å². The van der Waals surface area contributed by atoms with Crippen LogP contribution < -0.4 is 5.32 Å². The van der Waals surface area contributed by atoms with Gasteiger partial charge in [-0.15, -0.1) is 0 Å². The number of carboxylic acid groups (broad SMARTS) is 1. The van der Waals surface area contributed by atoms with Gasteiger partial charge in [-0.05, 0) is 13.8 Å². The van der Waals surface area contributed by atoms with Crippen LogP contribution in [0.5, 0.6) is 0 Å². The molecule has 1 aromatic rings. The van der Waals surface area contributed by atoms with E-state index in [-0.39, 0.29) is 0 Å². The molecule has 0 saturated carbocycles. The van der Waals surface area contributed by atoms with Gasteiger partial charge in [0.15, 0.2) is 0 Å². The molecule has 0 aliphatic rings. The maximum absolute atomic E-state index is 10.8. The fourth-order valence-corrected chi connectivity index (χ4v) is 1.16. The minimum Gasteiger partial charge on any atom is -0.481 e. The van der Waals surface area contributed by atoms with Gasteiger partial charge in [-0.2, -0.15) is 5.10 Å². The molecule has 0 aromatic carbocycles. The molecule has 1 heterocycles. The van der Waals surface area contributed by atoms with E-state index in [0.717, 1.165) is 5.56 Å². The standard InChI is InChI=1S/C10H17N3O2/c1-10(2,9(14)15)7-11-4-8-5-12-13(3)6-8/h5-6,11H,4,7H2,1-3H3,(H,14,15). The molecular formula is C10H17N3O2. The molecule has 0 bridgehead atoms. The summed E-state index contributed by atoms with van der Waals surface area (Å²) in [6, 6.07) is 0. The van der Waals surface area contributed by atoms with Gasteiger partial charge < -0.3 is 10.4 Å². The predicted octanol–water partition coefficient (Wildman–Crippen LogP) is 0.620. The molecule has 0 unspecified atom stereocenters. The first kappa shape index (κ1) is 11.7. The SMILES string of the molecule is Cn1cc(CNCC(C)(C)C(=O)O)cn1. The number of aliphatic carboxylic acids is 1. The molecule has 15 heavy (non-hydrogen) atoms. The number of aryl methyl sites for hydroxylation is 1. The van der Waals surface area contributed by atoms with Crippen molar-refractivity contribution < 1.29 is 9.90 Å². The van der Waals surface area contributed by atoms with E-state index in [1.165, 1.54) is 0 Å². The molecule has 1 rings (SSSR count). The predicted molar refractivity (Wildman–Crippen MR) is 56.3 cm³/mol. The van der Waals surface area contributed by atoms with Crippen molar-refractivity contribution in [2.24, 2.45) is 12.5 Å². The minimum atomic E-state index is -0.791. The van der Waals surface area contributed by atoms with Gasteiger partial charge in [-0.1, -0.05) is 0 Å². The monoisotopic (exact) mass is 211 g/mol. The molecule has 2 N–H and O–H groups in total. The molecular weight excluding hydrogens is 194 g/mol. The van der Waals surface area contributed by atoms with Crippen LogP contribution in [0.4, 0.5) is 0 Å². The number of hydrogen-bond donors (Lipinski definition) is 2. The molecule has 1 aromatic heterocycles. The van der Waals surface area contributed by atoms with Crippen LogP contribution in [-0.4, -0.2) is 27.4 Å². The van der Waals surface area contributed by atoms with Gasteiger partial charge in [0, 0.05) is 31.9 Å². The van der Waals surface area contributed by atoms with Crippen molar-refractivity contribution in [2.75, 3.05) is 6.54 Å². The van der Waals surface area contributed by atoms with E-state index in [4.69, 9.17) is 5.11 Å². The molecule has 0 amide bonds. The Hall–Kier alpha value is -1.36. The smallest absolute Gasteiger partial charge is 0.310 e. The van der Waals surface area contributed by atoms with Gasteiger partial charge in [-0.25, -0.2) is 0 Å². The molecule has 0 radical (unpaired) electrons. The Morgan fingerprint density at radius 3 is 2.80 bits per heavy atom. The normalized spacial score (nSPS) is 11.7. The highest BCUT2D eigenvalue weighted by molar-refractivity contribution is 5.73. The molecule has 0 spiro atoms. The lowest BCUT2D eigenvalue weighted by Gasteiger charge is -2.19. The van der Waals surface area contributed by atoms with Crippen LogP contribution in [-0.2, 0) is 18.4 Å². The van der Waals surface area contributed by atoms with Gasteiger partial charge in [-0.3, -0.25) is 9.48 Å². The van der Waals surface area contributed by atoms with Crippen molar-refractivity contribution in [3.63, 3.8) is 0 Å². The van der Waals surface area contributed by atoms with Crippen LogP contribution in [0.1, 0.15) is 19.4 Å². The van der Waals surface area contributed by atoms with E-state index < -0.39 is 11.4 Å². The number of carbonyl (C=O) groups is 1. The molecule has 0 aliphatic heterocycles. The lowest BCUT2D eigenvalue weighted by atomic mass is 9.94. The second-order valence-corrected chi connectivity index (χ2v) is 4.31. The maximum Gasteiger partial charge on any atom is 0.310 e. The summed E-state index contributed by atoms with van der Waals surface area (Å²) in [5.74, 6) is -0.791. The van der Waals surface area contributed by atoms with E-state index in [2.05, 4.69) is 10.4 Å². The molecule has 5 nitrogen and oxygen atoms in total. The summed E-state index contributed by atoms with van der Waals surface area (Å²) in [6.45, 7) is 4.49. The lowest BCUT2D eigenvalue weighted by molar-refractivity contribution is -0.146. The summed E-state index contributed by atoms with van der Waals surface area (Å²) in [5, 5.41) is 16.0. The summed E-state index contributed by atoms with van der Waals surface area (Å²) in [7, 11) is 1.85. The largest absolute Gasteiger partial charge is 0.481 e. The third-order valence-corrected chi connectivity index (χ3v) is 2.23. The fourth-order valence-electron chi connectivity index (χ4n) is 1.16. The highest BCUT2D eigenvalue weighted by atomic mass is 16.4. The Kier molecular flexibility index (Phi) is 3.47. The zero-order valence-corrected chi connectivity index (χ0v) is 9.32. The summed E-state index contributed by atoms with van der Waals surface area (Å²) in [6.07, 6.45) is 3.67. The summed E-state index contributed by atoms with van der Waals surface area (Å²) >= 11 is 0. The first-order valence-corrected chi connectivity index (χ1v) is 4.83. The summed E-state index contributed by atoms with van der Waals surface area (Å²) in [4.78, 5) is 10.8. The van der Waals surface area contributed by atoms with Gasteiger partial charge in [0.2, 0.25) is 0 Å². The number of nitrogens with zero attached hydrogens (tertiary/aromatic N) is 2. The Morgan fingerprint density at radius 1 is 1.67 bits per heavy atom. The molecule has 0 saturated heterocycles. The number of hydrogen-bond acceptors (Lipinski definition) is 3. The second kappa shape index (κ2) is 4.44. The fraction of sp³-hybridized carbons (Fsp3) is 0.600. The molecule has 84 valence electrons. The Bertz CT molecular complexity index is 344. The van der Waals surface area contributed by atoms with Crippen molar-refractivity contribution in [3.8, 4) is 0 Å². The van der Waals surface area contributed by atoms with Crippen molar-refractivity contribution in [2.45, 2.75) is 20.4 Å². The second-order valence-electron chi connectivity index (χ2n) is 4.31. The highest BCUT2D eigenvalue weighted by Gasteiger charge is 2.26. The van der Waals surface area contributed by atoms with Crippen LogP contribution in [0.3, 0.4) is 0 Å². The van der Waals surface area contributed by atoms with E-state index in [1.807, 2.05) is 13.2 Å². The minimum absolute atomic E-state index is 0.442.